The van der Waals surface area contributed by atoms with Gasteiger partial charge in [-0.1, -0.05) is 0 Å². The van der Waals surface area contributed by atoms with Crippen LogP contribution in [0.5, 0.6) is 0 Å². The van der Waals surface area contributed by atoms with Gasteiger partial charge in [-0.15, -0.1) is 0 Å². The summed E-state index contributed by atoms with van der Waals surface area (Å²) in [5.41, 5.74) is -0.772. The largest absolute Gasteiger partial charge is 0.457 e. The van der Waals surface area contributed by atoms with E-state index in [0.717, 1.165) is 12.1 Å². The average molecular weight is 252 g/mol. The quantitative estimate of drug-likeness (QED) is 0.461. The fourth-order valence-corrected chi connectivity index (χ4v) is 1.80. The van der Waals surface area contributed by atoms with Crippen LogP contribution >= 0.6 is 0 Å². The topological polar surface area (TPSA) is 113 Å². The van der Waals surface area contributed by atoms with Gasteiger partial charge in [0.15, 0.2) is 0 Å². The van der Waals surface area contributed by atoms with Crippen molar-refractivity contribution >= 4 is 17.3 Å². The first kappa shape index (κ1) is 12.0. The number of carbonyl (C=O) groups is 1. The number of cyclic esters (lactones) is 1. The van der Waals surface area contributed by atoms with Crippen LogP contribution in [-0.4, -0.2) is 15.8 Å². The van der Waals surface area contributed by atoms with Crippen molar-refractivity contribution in [3.63, 3.8) is 0 Å². The summed E-state index contributed by atoms with van der Waals surface area (Å²) in [6.07, 6.45) is 0.112. The van der Waals surface area contributed by atoms with Crippen molar-refractivity contribution in [2.45, 2.75) is 18.9 Å². The Morgan fingerprint density at radius 2 is 1.83 bits per heavy atom. The first-order valence-electron chi connectivity index (χ1n) is 5.11. The minimum Gasteiger partial charge on any atom is -0.457 e. The number of hydrogen-bond donors (Lipinski definition) is 0. The molecule has 1 saturated heterocycles. The van der Waals surface area contributed by atoms with Crippen molar-refractivity contribution in [2.75, 3.05) is 0 Å². The molecule has 2 rings (SSSR count). The summed E-state index contributed by atoms with van der Waals surface area (Å²) >= 11 is 0. The highest BCUT2D eigenvalue weighted by Crippen LogP contribution is 2.35. The van der Waals surface area contributed by atoms with Gasteiger partial charge in [0.25, 0.3) is 0 Å². The van der Waals surface area contributed by atoms with Crippen LogP contribution in [0.25, 0.3) is 0 Å². The highest BCUT2D eigenvalue weighted by Gasteiger charge is 2.30. The van der Waals surface area contributed by atoms with Crippen LogP contribution in [-0.2, 0) is 9.53 Å². The molecule has 1 aliphatic heterocycles. The third kappa shape index (κ3) is 2.12. The molecule has 1 aliphatic rings. The van der Waals surface area contributed by atoms with Gasteiger partial charge in [-0.25, -0.2) is 0 Å². The Morgan fingerprint density at radius 1 is 1.17 bits per heavy atom. The molecule has 0 aromatic heterocycles. The Morgan fingerprint density at radius 3 is 2.33 bits per heavy atom. The van der Waals surface area contributed by atoms with Gasteiger partial charge in [0.2, 0.25) is 0 Å². The Labute approximate surface area is 100 Å². The molecular weight excluding hydrogens is 244 g/mol. The van der Waals surface area contributed by atoms with Crippen LogP contribution in [0.4, 0.5) is 11.4 Å². The van der Waals surface area contributed by atoms with Gasteiger partial charge in [0.05, 0.1) is 9.85 Å². The molecule has 8 heteroatoms. The second kappa shape index (κ2) is 4.40. The van der Waals surface area contributed by atoms with Crippen LogP contribution in [0.2, 0.25) is 0 Å². The van der Waals surface area contributed by atoms with E-state index in [4.69, 9.17) is 4.74 Å². The number of rotatable bonds is 3. The van der Waals surface area contributed by atoms with Gasteiger partial charge in [-0.05, 0) is 18.1 Å². The minimum absolute atomic E-state index is 0.245. The molecule has 1 unspecified atom stereocenters. The molecule has 1 atom stereocenters. The third-order valence-electron chi connectivity index (χ3n) is 2.65. The fourth-order valence-electron chi connectivity index (χ4n) is 1.80. The second-order valence-corrected chi connectivity index (χ2v) is 3.78. The SMILES string of the molecule is O=C1CCC(c2ccc([N+](=O)[O-])c([N+](=O)[O-])c2)O1. The molecule has 0 radical (unpaired) electrons. The van der Waals surface area contributed by atoms with E-state index in [1.165, 1.54) is 6.07 Å². The summed E-state index contributed by atoms with van der Waals surface area (Å²) in [5, 5.41) is 21.4. The molecule has 8 nitrogen and oxygen atoms in total. The highest BCUT2D eigenvalue weighted by atomic mass is 16.6. The Balaban J connectivity index is 2.40. The maximum atomic E-state index is 11.0. The molecule has 0 aliphatic carbocycles. The number of esters is 1. The van der Waals surface area contributed by atoms with Crippen LogP contribution in [0.3, 0.4) is 0 Å². The summed E-state index contributed by atoms with van der Waals surface area (Å²) in [7, 11) is 0. The third-order valence-corrected chi connectivity index (χ3v) is 2.65. The predicted octanol–water partition coefficient (Wildman–Crippen LogP) is 1.88. The number of carbonyl (C=O) groups excluding carboxylic acids is 1. The van der Waals surface area contributed by atoms with Gasteiger partial charge >= 0.3 is 17.3 Å². The summed E-state index contributed by atoms with van der Waals surface area (Å²) in [4.78, 5) is 30.7. The molecule has 94 valence electrons. The lowest BCUT2D eigenvalue weighted by Crippen LogP contribution is -2.02. The van der Waals surface area contributed by atoms with E-state index in [2.05, 4.69) is 0 Å². The fraction of sp³-hybridized carbons (Fsp3) is 0.300. The maximum Gasteiger partial charge on any atom is 0.346 e. The lowest BCUT2D eigenvalue weighted by molar-refractivity contribution is -0.422. The molecule has 1 heterocycles. The van der Waals surface area contributed by atoms with Crippen molar-refractivity contribution in [1.82, 2.24) is 0 Å². The lowest BCUT2D eigenvalue weighted by Gasteiger charge is -2.08. The smallest absolute Gasteiger partial charge is 0.346 e. The number of nitrogens with zero attached hydrogens (tertiary/aromatic N) is 2. The Hall–Kier alpha value is -2.51. The molecule has 0 bridgehead atoms. The molecule has 0 saturated carbocycles. The van der Waals surface area contributed by atoms with Crippen LogP contribution in [0.1, 0.15) is 24.5 Å². The maximum absolute atomic E-state index is 11.0. The summed E-state index contributed by atoms with van der Waals surface area (Å²) < 4.78 is 4.95. The van der Waals surface area contributed by atoms with Gasteiger partial charge < -0.3 is 4.74 Å². The highest BCUT2D eigenvalue weighted by molar-refractivity contribution is 5.72. The van der Waals surface area contributed by atoms with Crippen LogP contribution < -0.4 is 0 Å². The van der Waals surface area contributed by atoms with Crippen molar-refractivity contribution in [3.05, 3.63) is 44.0 Å². The molecule has 1 aromatic carbocycles. The van der Waals surface area contributed by atoms with Crippen molar-refractivity contribution in [3.8, 4) is 0 Å². The van der Waals surface area contributed by atoms with Crippen molar-refractivity contribution in [1.29, 1.82) is 0 Å². The van der Waals surface area contributed by atoms with E-state index in [0.29, 0.717) is 12.0 Å². The van der Waals surface area contributed by atoms with Gasteiger partial charge in [-0.3, -0.25) is 25.0 Å². The van der Waals surface area contributed by atoms with Gasteiger partial charge in [-0.2, -0.15) is 0 Å². The number of hydrogen-bond acceptors (Lipinski definition) is 6. The predicted molar refractivity (Wildman–Crippen MR) is 57.8 cm³/mol. The minimum atomic E-state index is -0.821. The number of nitro benzene ring substituents is 2. The first-order chi connectivity index (χ1) is 8.49. The zero-order valence-electron chi connectivity index (χ0n) is 9.07. The second-order valence-electron chi connectivity index (χ2n) is 3.78. The molecule has 0 N–H and O–H groups in total. The molecule has 1 fully saturated rings. The molecule has 18 heavy (non-hydrogen) atoms. The monoisotopic (exact) mass is 252 g/mol. The number of benzene rings is 1. The summed E-state index contributed by atoms with van der Waals surface area (Å²) in [6, 6.07) is 3.51. The van der Waals surface area contributed by atoms with Crippen molar-refractivity contribution in [2.24, 2.45) is 0 Å². The zero-order valence-corrected chi connectivity index (χ0v) is 9.07. The molecular formula is C10H8N2O6. The van der Waals surface area contributed by atoms with E-state index in [1.807, 2.05) is 0 Å². The van der Waals surface area contributed by atoms with E-state index in [1.54, 1.807) is 0 Å². The van der Waals surface area contributed by atoms with Gasteiger partial charge in [0, 0.05) is 18.6 Å². The van der Waals surface area contributed by atoms with Crippen molar-refractivity contribution < 1.29 is 19.4 Å². The standard InChI is InChI=1S/C10H8N2O6/c13-10-4-3-9(18-10)6-1-2-7(11(14)15)8(5-6)12(16)17/h1-2,5,9H,3-4H2. The van der Waals surface area contributed by atoms with E-state index in [-0.39, 0.29) is 12.4 Å². The molecule has 0 amide bonds. The van der Waals surface area contributed by atoms with Crippen LogP contribution in [0, 0.1) is 20.2 Å². The Bertz CT molecular complexity index is 541. The Kier molecular flexibility index (Phi) is 2.92. The number of nitro groups is 2. The molecule has 0 spiro atoms. The van der Waals surface area contributed by atoms with Crippen LogP contribution in [0.15, 0.2) is 18.2 Å². The first-order valence-corrected chi connectivity index (χ1v) is 5.11. The number of ether oxygens (including phenoxy) is 1. The van der Waals surface area contributed by atoms with E-state index >= 15 is 0 Å². The summed E-state index contributed by atoms with van der Waals surface area (Å²) in [6.45, 7) is 0. The van der Waals surface area contributed by atoms with Gasteiger partial charge in [0.1, 0.15) is 6.10 Å². The zero-order chi connectivity index (χ0) is 13.3. The summed E-state index contributed by atoms with van der Waals surface area (Å²) in [5.74, 6) is -0.374. The lowest BCUT2D eigenvalue weighted by atomic mass is 10.1. The molecule has 1 aromatic rings. The van der Waals surface area contributed by atoms with E-state index in [9.17, 15) is 25.0 Å². The average Bonchev–Trinajstić information content (AvgIpc) is 2.75. The van der Waals surface area contributed by atoms with E-state index < -0.39 is 27.3 Å². The normalized spacial score (nSPS) is 18.4.